The number of hydrogen-bond donors (Lipinski definition) is 1. The number of hydrogen-bond acceptors (Lipinski definition) is 5. The quantitative estimate of drug-likeness (QED) is 0.717. The van der Waals surface area contributed by atoms with Crippen LogP contribution in [0.15, 0.2) is 30.3 Å². The molecule has 0 aliphatic rings. The Kier molecular flexibility index (Phi) is 6.12. The van der Waals surface area contributed by atoms with Crippen molar-refractivity contribution in [2.75, 3.05) is 30.9 Å². The van der Waals surface area contributed by atoms with Gasteiger partial charge in [0.2, 0.25) is 10.0 Å². The maximum atomic E-state index is 12.2. The lowest BCUT2D eigenvalue weighted by molar-refractivity contribution is 0.415. The minimum absolute atomic E-state index is 0.168. The van der Waals surface area contributed by atoms with Gasteiger partial charge in [-0.3, -0.25) is 0 Å². The molecule has 1 aromatic rings. The van der Waals surface area contributed by atoms with Crippen molar-refractivity contribution in [1.82, 2.24) is 4.31 Å². The molecule has 6 nitrogen and oxygen atoms in total. The summed E-state index contributed by atoms with van der Waals surface area (Å²) in [5.74, 6) is -0.802. The smallest absolute Gasteiger partial charge is 0.215 e. The highest BCUT2D eigenvalue weighted by Gasteiger charge is 2.23. The van der Waals surface area contributed by atoms with Crippen LogP contribution in [0.2, 0.25) is 0 Å². The Morgan fingerprint density at radius 1 is 1.05 bits per heavy atom. The van der Waals surface area contributed by atoms with Gasteiger partial charge in [-0.25, -0.2) is 16.8 Å². The molecule has 0 fully saturated rings. The summed E-state index contributed by atoms with van der Waals surface area (Å²) >= 11 is 0. The molecular formula is C12H20N2O4S2. The maximum absolute atomic E-state index is 12.2. The third-order valence-corrected chi connectivity index (χ3v) is 5.71. The van der Waals surface area contributed by atoms with Crippen LogP contribution >= 0.6 is 0 Å². The fourth-order valence-electron chi connectivity index (χ4n) is 1.63. The Morgan fingerprint density at radius 3 is 2.15 bits per heavy atom. The standard InChI is InChI=1S/C12H20N2O4S2/c1-19(15,16)9-10-20(17,18)14(8-7-13)11-12-5-3-2-4-6-12/h2-6H,7-11,13H2,1H3. The van der Waals surface area contributed by atoms with Crippen LogP contribution in [0.4, 0.5) is 0 Å². The van der Waals surface area contributed by atoms with Gasteiger partial charge in [-0.2, -0.15) is 4.31 Å². The SMILES string of the molecule is CS(=O)(=O)CCS(=O)(=O)N(CCN)Cc1ccccc1. The number of nitrogens with two attached hydrogens (primary N) is 1. The summed E-state index contributed by atoms with van der Waals surface area (Å²) in [6.45, 7) is 0.552. The molecule has 0 saturated heterocycles. The summed E-state index contributed by atoms with van der Waals surface area (Å²) in [5, 5.41) is 0. The van der Waals surface area contributed by atoms with E-state index in [-0.39, 0.29) is 25.4 Å². The Bertz CT molecular complexity index is 612. The highest BCUT2D eigenvalue weighted by atomic mass is 32.2. The molecule has 2 N–H and O–H groups in total. The Morgan fingerprint density at radius 2 is 1.65 bits per heavy atom. The van der Waals surface area contributed by atoms with Crippen molar-refractivity contribution < 1.29 is 16.8 Å². The van der Waals surface area contributed by atoms with E-state index in [9.17, 15) is 16.8 Å². The van der Waals surface area contributed by atoms with Gasteiger partial charge in [-0.15, -0.1) is 0 Å². The molecule has 0 unspecified atom stereocenters. The van der Waals surface area contributed by atoms with Crippen molar-refractivity contribution >= 4 is 19.9 Å². The number of benzene rings is 1. The lowest BCUT2D eigenvalue weighted by Gasteiger charge is -2.21. The second kappa shape index (κ2) is 7.16. The molecule has 0 aliphatic heterocycles. The van der Waals surface area contributed by atoms with E-state index in [2.05, 4.69) is 0 Å². The highest BCUT2D eigenvalue weighted by Crippen LogP contribution is 2.10. The fourth-order valence-corrected chi connectivity index (χ4v) is 4.67. The van der Waals surface area contributed by atoms with Gasteiger partial charge in [0.1, 0.15) is 9.84 Å². The van der Waals surface area contributed by atoms with Crippen LogP contribution in [-0.4, -0.2) is 52.0 Å². The van der Waals surface area contributed by atoms with E-state index in [4.69, 9.17) is 5.73 Å². The van der Waals surface area contributed by atoms with Crippen molar-refractivity contribution in [3.05, 3.63) is 35.9 Å². The summed E-state index contributed by atoms with van der Waals surface area (Å²) in [7, 11) is -6.96. The van der Waals surface area contributed by atoms with Gasteiger partial charge in [-0.1, -0.05) is 30.3 Å². The number of nitrogens with zero attached hydrogens (tertiary/aromatic N) is 1. The van der Waals surface area contributed by atoms with E-state index < -0.39 is 25.6 Å². The highest BCUT2D eigenvalue weighted by molar-refractivity contribution is 7.93. The van der Waals surface area contributed by atoms with Crippen molar-refractivity contribution in [2.45, 2.75) is 6.54 Å². The Hall–Kier alpha value is -0.960. The Balaban J connectivity index is 2.84. The summed E-state index contributed by atoms with van der Waals surface area (Å²) in [4.78, 5) is 0. The summed E-state index contributed by atoms with van der Waals surface area (Å²) in [6.07, 6.45) is 1.02. The summed E-state index contributed by atoms with van der Waals surface area (Å²) in [6, 6.07) is 9.11. The summed E-state index contributed by atoms with van der Waals surface area (Å²) in [5.41, 5.74) is 6.27. The molecule has 114 valence electrons. The van der Waals surface area contributed by atoms with Crippen molar-refractivity contribution in [2.24, 2.45) is 5.73 Å². The molecule has 0 saturated carbocycles. The van der Waals surface area contributed by atoms with E-state index in [0.29, 0.717) is 0 Å². The van der Waals surface area contributed by atoms with Gasteiger partial charge in [-0.05, 0) is 5.56 Å². The van der Waals surface area contributed by atoms with Crippen LogP contribution in [0, 0.1) is 0 Å². The van der Waals surface area contributed by atoms with Crippen molar-refractivity contribution in [1.29, 1.82) is 0 Å². The van der Waals surface area contributed by atoms with Crippen LogP contribution in [-0.2, 0) is 26.4 Å². The maximum Gasteiger partial charge on any atom is 0.215 e. The molecular weight excluding hydrogens is 300 g/mol. The first-order valence-electron chi connectivity index (χ1n) is 6.14. The minimum atomic E-state index is -3.64. The fraction of sp³-hybridized carbons (Fsp3) is 0.500. The normalized spacial score (nSPS) is 12.8. The topological polar surface area (TPSA) is 97.5 Å². The number of rotatable bonds is 8. The first-order valence-corrected chi connectivity index (χ1v) is 9.81. The van der Waals surface area contributed by atoms with Crippen LogP contribution in [0.25, 0.3) is 0 Å². The second-order valence-corrected chi connectivity index (χ2v) is 8.90. The van der Waals surface area contributed by atoms with Gasteiger partial charge >= 0.3 is 0 Å². The van der Waals surface area contributed by atoms with E-state index in [1.54, 1.807) is 0 Å². The molecule has 0 aromatic heterocycles. The van der Waals surface area contributed by atoms with Crippen LogP contribution in [0.3, 0.4) is 0 Å². The summed E-state index contributed by atoms with van der Waals surface area (Å²) < 4.78 is 47.8. The van der Waals surface area contributed by atoms with Gasteiger partial charge in [0.25, 0.3) is 0 Å². The largest absolute Gasteiger partial charge is 0.329 e. The monoisotopic (exact) mass is 320 g/mol. The zero-order valence-corrected chi connectivity index (χ0v) is 13.0. The van der Waals surface area contributed by atoms with Gasteiger partial charge in [0.15, 0.2) is 0 Å². The number of sulfone groups is 1. The van der Waals surface area contributed by atoms with E-state index >= 15 is 0 Å². The molecule has 0 amide bonds. The first-order chi connectivity index (χ1) is 9.24. The Labute approximate surface area is 120 Å². The number of sulfonamides is 1. The van der Waals surface area contributed by atoms with Gasteiger partial charge in [0.05, 0.1) is 11.5 Å². The second-order valence-electron chi connectivity index (χ2n) is 4.55. The molecule has 0 spiro atoms. The van der Waals surface area contributed by atoms with Crippen molar-refractivity contribution in [3.8, 4) is 0 Å². The van der Waals surface area contributed by atoms with E-state index in [1.807, 2.05) is 30.3 Å². The van der Waals surface area contributed by atoms with Crippen LogP contribution in [0.5, 0.6) is 0 Å². The minimum Gasteiger partial charge on any atom is -0.329 e. The molecule has 1 rings (SSSR count). The zero-order valence-electron chi connectivity index (χ0n) is 11.4. The molecule has 0 radical (unpaired) electrons. The average Bonchev–Trinajstić information content (AvgIpc) is 2.37. The van der Waals surface area contributed by atoms with Gasteiger partial charge < -0.3 is 5.73 Å². The molecule has 0 aliphatic carbocycles. The zero-order chi connectivity index (χ0) is 15.2. The third-order valence-electron chi connectivity index (χ3n) is 2.69. The first kappa shape index (κ1) is 17.1. The van der Waals surface area contributed by atoms with Gasteiger partial charge in [0, 0.05) is 25.9 Å². The van der Waals surface area contributed by atoms with E-state index in [0.717, 1.165) is 11.8 Å². The third kappa shape index (κ3) is 6.00. The molecule has 1 aromatic carbocycles. The van der Waals surface area contributed by atoms with Crippen LogP contribution < -0.4 is 5.73 Å². The predicted molar refractivity (Wildman–Crippen MR) is 79.4 cm³/mol. The molecule has 8 heteroatoms. The lowest BCUT2D eigenvalue weighted by Crippen LogP contribution is -2.37. The predicted octanol–water partition coefficient (Wildman–Crippen LogP) is -0.178. The lowest BCUT2D eigenvalue weighted by atomic mass is 10.2. The molecule has 0 bridgehead atoms. The molecule has 0 atom stereocenters. The molecule has 0 heterocycles. The average molecular weight is 320 g/mol. The van der Waals surface area contributed by atoms with E-state index in [1.165, 1.54) is 4.31 Å². The van der Waals surface area contributed by atoms with Crippen LogP contribution in [0.1, 0.15) is 5.56 Å². The van der Waals surface area contributed by atoms with Crippen molar-refractivity contribution in [3.63, 3.8) is 0 Å². The molecule has 20 heavy (non-hydrogen) atoms.